The van der Waals surface area contributed by atoms with Crippen molar-refractivity contribution >= 4 is 27.5 Å². The minimum Gasteiger partial charge on any atom is -0.390 e. The number of aliphatic hydroxyl groups excluding tert-OH is 3. The van der Waals surface area contributed by atoms with Gasteiger partial charge in [0.2, 0.25) is 15.9 Å². The molecule has 0 aliphatic carbocycles. The number of carbonyl (C=O) groups excluding carboxylic acids is 2. The van der Waals surface area contributed by atoms with Crippen LogP contribution in [0, 0.1) is 17.7 Å². The standard InChI is InChI=1S/C42H57FN4O8S/c1-27-38(49)36(55-40(39(27)50)41(51)45-25-5-4-24-44)23-12-29-8-13-31(14-9-29)37-34(21-22-35(48)30-15-17-32(43)18-16-30)42(52)47(37)33-19-10-28(11-20-33)7-6-26-46(2)56(3,53)54/h8-11,13-20,27,34-40,48-50H,4-7,12,21-26,44H2,1-3H3,(H,45,51)/t27-,34?,35+,36?,37-,38-,39+,40+/m1/s1. The Hall–Kier alpha value is -3.76. The highest BCUT2D eigenvalue weighted by Gasteiger charge is 2.49. The molecule has 0 aromatic heterocycles. The molecule has 0 radical (unpaired) electrons. The number of rotatable bonds is 19. The van der Waals surface area contributed by atoms with Crippen LogP contribution < -0.4 is 16.0 Å². The van der Waals surface area contributed by atoms with Crippen molar-refractivity contribution in [1.29, 1.82) is 0 Å². The van der Waals surface area contributed by atoms with E-state index in [1.807, 2.05) is 48.5 Å². The summed E-state index contributed by atoms with van der Waals surface area (Å²) in [4.78, 5) is 28.4. The first-order valence-corrected chi connectivity index (χ1v) is 21.4. The Morgan fingerprint density at radius 2 is 1.59 bits per heavy atom. The second kappa shape index (κ2) is 19.6. The number of aryl methyl sites for hydroxylation is 2. The summed E-state index contributed by atoms with van der Waals surface area (Å²) in [5, 5.41) is 35.4. The number of sulfonamides is 1. The highest BCUT2D eigenvalue weighted by molar-refractivity contribution is 7.88. The zero-order chi connectivity index (χ0) is 40.6. The van der Waals surface area contributed by atoms with Gasteiger partial charge in [0.15, 0.2) is 6.10 Å². The minimum absolute atomic E-state index is 0.0642. The number of carbonyl (C=O) groups is 2. The maximum absolute atomic E-state index is 13.8. The lowest BCUT2D eigenvalue weighted by atomic mass is 9.78. The number of amides is 2. The van der Waals surface area contributed by atoms with Crippen LogP contribution in [-0.4, -0.2) is 97.2 Å². The van der Waals surface area contributed by atoms with Gasteiger partial charge in [0, 0.05) is 31.7 Å². The molecule has 8 atom stereocenters. The van der Waals surface area contributed by atoms with Crippen molar-refractivity contribution in [2.75, 3.05) is 37.8 Å². The van der Waals surface area contributed by atoms with Crippen molar-refractivity contribution in [3.63, 3.8) is 0 Å². The molecular formula is C42H57FN4O8S. The smallest absolute Gasteiger partial charge is 0.251 e. The van der Waals surface area contributed by atoms with Crippen molar-refractivity contribution in [3.8, 4) is 0 Å². The molecule has 2 amide bonds. The molecule has 3 aromatic rings. The molecule has 0 bridgehead atoms. The summed E-state index contributed by atoms with van der Waals surface area (Å²) in [5.74, 6) is -1.83. The molecule has 12 nitrogen and oxygen atoms in total. The number of anilines is 1. The highest BCUT2D eigenvalue weighted by Crippen LogP contribution is 2.46. The van der Waals surface area contributed by atoms with Crippen LogP contribution in [0.1, 0.15) is 79.8 Å². The average Bonchev–Trinajstić information content (AvgIpc) is 3.18. The normalized spacial score (nSPS) is 24.6. The number of nitrogens with two attached hydrogens (primary N) is 1. The highest BCUT2D eigenvalue weighted by atomic mass is 32.2. The molecule has 2 saturated heterocycles. The predicted molar refractivity (Wildman–Crippen MR) is 212 cm³/mol. The Bertz CT molecular complexity index is 1850. The van der Waals surface area contributed by atoms with E-state index >= 15 is 0 Å². The van der Waals surface area contributed by atoms with Crippen LogP contribution in [0.3, 0.4) is 0 Å². The molecule has 0 spiro atoms. The number of nitrogens with one attached hydrogen (secondary N) is 1. The number of β-lactam (4-membered cyclic amide) rings is 1. The first kappa shape index (κ1) is 43.4. The largest absolute Gasteiger partial charge is 0.390 e. The molecule has 2 aliphatic heterocycles. The van der Waals surface area contributed by atoms with Gasteiger partial charge in [-0.15, -0.1) is 0 Å². The molecule has 2 heterocycles. The molecule has 14 heteroatoms. The van der Waals surface area contributed by atoms with E-state index in [4.69, 9.17) is 10.5 Å². The van der Waals surface area contributed by atoms with Gasteiger partial charge < -0.3 is 36.0 Å². The number of unbranched alkanes of at least 4 members (excludes halogenated alkanes) is 1. The third-order valence-electron chi connectivity index (χ3n) is 11.3. The van der Waals surface area contributed by atoms with Crippen molar-refractivity contribution < 1.29 is 42.5 Å². The van der Waals surface area contributed by atoms with Crippen LogP contribution in [0.15, 0.2) is 72.8 Å². The maximum atomic E-state index is 13.8. The molecule has 2 unspecified atom stereocenters. The number of hydrogen-bond acceptors (Lipinski definition) is 9. The molecule has 0 saturated carbocycles. The van der Waals surface area contributed by atoms with Gasteiger partial charge in [-0.3, -0.25) is 9.59 Å². The lowest BCUT2D eigenvalue weighted by Crippen LogP contribution is -2.58. The van der Waals surface area contributed by atoms with Crippen LogP contribution in [0.4, 0.5) is 10.1 Å². The van der Waals surface area contributed by atoms with Gasteiger partial charge in [-0.25, -0.2) is 17.1 Å². The topological polar surface area (TPSA) is 183 Å². The number of ether oxygens (including phenoxy) is 1. The molecular weight excluding hydrogens is 740 g/mol. The molecule has 56 heavy (non-hydrogen) atoms. The van der Waals surface area contributed by atoms with E-state index < -0.39 is 64.1 Å². The Kier molecular flexibility index (Phi) is 15.2. The molecule has 3 aromatic carbocycles. The summed E-state index contributed by atoms with van der Waals surface area (Å²) in [6.45, 7) is 3.06. The Labute approximate surface area is 329 Å². The van der Waals surface area contributed by atoms with Gasteiger partial charge in [-0.1, -0.05) is 55.5 Å². The fraction of sp³-hybridized carbons (Fsp3) is 0.524. The fourth-order valence-corrected chi connectivity index (χ4v) is 8.04. The molecule has 6 N–H and O–H groups in total. The summed E-state index contributed by atoms with van der Waals surface area (Å²) in [6.07, 6.45) is 0.982. The molecule has 2 aliphatic rings. The Morgan fingerprint density at radius 1 is 0.946 bits per heavy atom. The van der Waals surface area contributed by atoms with Crippen molar-refractivity contribution in [2.24, 2.45) is 17.6 Å². The number of hydrogen-bond donors (Lipinski definition) is 5. The van der Waals surface area contributed by atoms with E-state index in [2.05, 4.69) is 5.32 Å². The Morgan fingerprint density at radius 3 is 2.23 bits per heavy atom. The van der Waals surface area contributed by atoms with Gasteiger partial charge >= 0.3 is 0 Å². The van der Waals surface area contributed by atoms with Gasteiger partial charge in [-0.2, -0.15) is 0 Å². The average molecular weight is 797 g/mol. The summed E-state index contributed by atoms with van der Waals surface area (Å²) < 4.78 is 44.3. The summed E-state index contributed by atoms with van der Waals surface area (Å²) >= 11 is 0. The molecule has 306 valence electrons. The van der Waals surface area contributed by atoms with Crippen LogP contribution in [0.2, 0.25) is 0 Å². The SMILES string of the molecule is C[C@H]1[C@H](O)[C@@H](C(=O)NCCCCN)OC(CCc2ccc([C@@H]3C(CC[C@H](O)c4ccc(F)cc4)C(=O)N3c3ccc(CCCN(C)S(C)(=O)=O)cc3)cc2)[C@@H]1O. The van der Waals surface area contributed by atoms with E-state index in [0.717, 1.165) is 35.2 Å². The number of nitrogens with zero attached hydrogens (tertiary/aromatic N) is 2. The quantitative estimate of drug-likeness (QED) is 0.0891. The van der Waals surface area contributed by atoms with Gasteiger partial charge in [0.1, 0.15) is 5.82 Å². The monoisotopic (exact) mass is 796 g/mol. The predicted octanol–water partition coefficient (Wildman–Crippen LogP) is 3.78. The van der Waals surface area contributed by atoms with E-state index in [9.17, 15) is 37.7 Å². The van der Waals surface area contributed by atoms with Crippen molar-refractivity contribution in [2.45, 2.75) is 94.9 Å². The van der Waals surface area contributed by atoms with E-state index in [0.29, 0.717) is 63.7 Å². The second-order valence-corrected chi connectivity index (χ2v) is 17.4. The third-order valence-corrected chi connectivity index (χ3v) is 12.6. The number of halogens is 1. The van der Waals surface area contributed by atoms with E-state index in [-0.39, 0.29) is 11.9 Å². The number of aliphatic hydroxyl groups is 3. The minimum atomic E-state index is -3.25. The fourth-order valence-electron chi connectivity index (χ4n) is 7.58. The lowest BCUT2D eigenvalue weighted by molar-refractivity contribution is -0.200. The molecule has 5 rings (SSSR count). The molecule has 2 fully saturated rings. The summed E-state index contributed by atoms with van der Waals surface area (Å²) in [5.41, 5.74) is 9.76. The van der Waals surface area contributed by atoms with Crippen molar-refractivity contribution in [1.82, 2.24) is 9.62 Å². The maximum Gasteiger partial charge on any atom is 0.251 e. The lowest BCUT2D eigenvalue weighted by Gasteiger charge is -2.48. The van der Waals surface area contributed by atoms with Gasteiger partial charge in [0.25, 0.3) is 5.91 Å². The van der Waals surface area contributed by atoms with Crippen LogP contribution >= 0.6 is 0 Å². The number of benzene rings is 3. The summed E-state index contributed by atoms with van der Waals surface area (Å²) in [6, 6.07) is 21.0. The van der Waals surface area contributed by atoms with Crippen LogP contribution in [0.5, 0.6) is 0 Å². The first-order chi connectivity index (χ1) is 26.7. The van der Waals surface area contributed by atoms with Crippen LogP contribution in [-0.2, 0) is 37.2 Å². The zero-order valence-electron chi connectivity index (χ0n) is 32.5. The van der Waals surface area contributed by atoms with E-state index in [1.54, 1.807) is 31.0 Å². The third kappa shape index (κ3) is 10.8. The van der Waals surface area contributed by atoms with Crippen molar-refractivity contribution in [3.05, 3.63) is 101 Å². The zero-order valence-corrected chi connectivity index (χ0v) is 33.3. The van der Waals surface area contributed by atoms with E-state index in [1.165, 1.54) is 22.7 Å². The van der Waals surface area contributed by atoms with Gasteiger partial charge in [-0.05, 0) is 104 Å². The second-order valence-electron chi connectivity index (χ2n) is 15.3. The summed E-state index contributed by atoms with van der Waals surface area (Å²) in [7, 11) is -1.69. The first-order valence-electron chi connectivity index (χ1n) is 19.5. The van der Waals surface area contributed by atoms with Gasteiger partial charge in [0.05, 0.1) is 42.6 Å². The Balaban J connectivity index is 1.27. The van der Waals surface area contributed by atoms with Crippen LogP contribution in [0.25, 0.3) is 0 Å².